The van der Waals surface area contributed by atoms with E-state index >= 15 is 0 Å². The molecule has 22 heavy (non-hydrogen) atoms. The lowest BCUT2D eigenvalue weighted by Gasteiger charge is -2.29. The van der Waals surface area contributed by atoms with Gasteiger partial charge in [-0.2, -0.15) is 0 Å². The van der Waals surface area contributed by atoms with Gasteiger partial charge in [0, 0.05) is 12.5 Å². The van der Waals surface area contributed by atoms with Crippen molar-refractivity contribution < 1.29 is 19.1 Å². The summed E-state index contributed by atoms with van der Waals surface area (Å²) >= 11 is 0. The minimum atomic E-state index is -0.598. The van der Waals surface area contributed by atoms with E-state index in [9.17, 15) is 14.4 Å². The fourth-order valence-corrected chi connectivity index (χ4v) is 2.52. The zero-order valence-corrected chi connectivity index (χ0v) is 13.8. The van der Waals surface area contributed by atoms with Crippen LogP contribution in [0, 0.1) is 11.8 Å². The van der Waals surface area contributed by atoms with E-state index in [2.05, 4.69) is 17.6 Å². The zero-order valence-electron chi connectivity index (χ0n) is 13.8. The van der Waals surface area contributed by atoms with Gasteiger partial charge in [0.1, 0.15) is 0 Å². The van der Waals surface area contributed by atoms with E-state index in [1.165, 1.54) is 6.42 Å². The topological polar surface area (TPSA) is 84.5 Å². The number of carbonyl (C=O) groups is 3. The first-order valence-electron chi connectivity index (χ1n) is 8.14. The smallest absolute Gasteiger partial charge is 0.321 e. The molecule has 1 fully saturated rings. The molecule has 1 aliphatic carbocycles. The lowest BCUT2D eigenvalue weighted by Crippen LogP contribution is -2.48. The summed E-state index contributed by atoms with van der Waals surface area (Å²) in [5, 5.41) is 5.02. The van der Waals surface area contributed by atoms with Crippen molar-refractivity contribution in [1.29, 1.82) is 0 Å². The Hall–Kier alpha value is -1.59. The first-order valence-corrected chi connectivity index (χ1v) is 8.14. The fraction of sp³-hybridized carbons (Fsp3) is 0.812. The third-order valence-electron chi connectivity index (χ3n) is 3.97. The van der Waals surface area contributed by atoms with E-state index in [-0.39, 0.29) is 12.5 Å². The highest BCUT2D eigenvalue weighted by Crippen LogP contribution is 2.23. The van der Waals surface area contributed by atoms with E-state index in [1.807, 2.05) is 13.8 Å². The van der Waals surface area contributed by atoms with Crippen LogP contribution < -0.4 is 10.6 Å². The monoisotopic (exact) mass is 312 g/mol. The molecule has 1 saturated carbocycles. The van der Waals surface area contributed by atoms with Gasteiger partial charge < -0.3 is 10.1 Å². The highest BCUT2D eigenvalue weighted by molar-refractivity contribution is 5.95. The molecule has 0 aromatic rings. The molecule has 2 N–H and O–H groups in total. The maximum Gasteiger partial charge on any atom is 0.321 e. The summed E-state index contributed by atoms with van der Waals surface area (Å²) in [5.41, 5.74) is 0. The Balaban J connectivity index is 2.20. The Morgan fingerprint density at radius 1 is 1.18 bits per heavy atom. The van der Waals surface area contributed by atoms with E-state index in [4.69, 9.17) is 4.74 Å². The normalized spacial score (nSPS) is 21.3. The Morgan fingerprint density at radius 2 is 1.86 bits per heavy atom. The van der Waals surface area contributed by atoms with E-state index < -0.39 is 24.5 Å². The average molecular weight is 312 g/mol. The third kappa shape index (κ3) is 7.43. The molecule has 0 aromatic heterocycles. The average Bonchev–Trinajstić information content (AvgIpc) is 2.45. The van der Waals surface area contributed by atoms with Crippen LogP contribution in [0.5, 0.6) is 0 Å². The van der Waals surface area contributed by atoms with Gasteiger partial charge in [0.2, 0.25) is 0 Å². The lowest BCUT2D eigenvalue weighted by molar-refractivity contribution is -0.148. The molecule has 0 bridgehead atoms. The molecule has 6 heteroatoms. The summed E-state index contributed by atoms with van der Waals surface area (Å²) in [6.45, 7) is 5.71. The molecule has 0 aromatic carbocycles. The number of ether oxygens (including phenoxy) is 1. The fourth-order valence-electron chi connectivity index (χ4n) is 2.52. The first kappa shape index (κ1) is 18.5. The van der Waals surface area contributed by atoms with Crippen LogP contribution in [0.15, 0.2) is 0 Å². The summed E-state index contributed by atoms with van der Waals surface area (Å²) < 4.78 is 4.84. The second-order valence-corrected chi connectivity index (χ2v) is 6.48. The summed E-state index contributed by atoms with van der Waals surface area (Å²) in [5.74, 6) is -0.183. The van der Waals surface area contributed by atoms with Gasteiger partial charge in [0.05, 0.1) is 0 Å². The van der Waals surface area contributed by atoms with Crippen molar-refractivity contribution in [3.05, 3.63) is 0 Å². The first-order chi connectivity index (χ1) is 10.4. The molecule has 1 rings (SSSR count). The number of imide groups is 1. The van der Waals surface area contributed by atoms with E-state index in [0.29, 0.717) is 11.8 Å². The summed E-state index contributed by atoms with van der Waals surface area (Å²) in [7, 11) is 0. The van der Waals surface area contributed by atoms with Crippen LogP contribution in [0.25, 0.3) is 0 Å². The number of amides is 3. The number of urea groups is 1. The number of carbonyl (C=O) groups excluding carboxylic acids is 3. The molecule has 126 valence electrons. The molecule has 0 saturated heterocycles. The standard InChI is InChI=1S/C16H28N2O4/c1-11(2)8-9-15(20)22-10-14(19)18-16(21)17-13-7-5-4-6-12(13)3/h11-13H,4-10H2,1-3H3,(H2,17,18,19,21). The van der Waals surface area contributed by atoms with Crippen molar-refractivity contribution in [3.63, 3.8) is 0 Å². The van der Waals surface area contributed by atoms with Gasteiger partial charge in [-0.05, 0) is 31.1 Å². The molecule has 1 aliphatic rings. The Morgan fingerprint density at radius 3 is 2.50 bits per heavy atom. The van der Waals surface area contributed by atoms with Crippen LogP contribution in [-0.4, -0.2) is 30.6 Å². The molecule has 0 radical (unpaired) electrons. The minimum absolute atomic E-state index is 0.107. The lowest BCUT2D eigenvalue weighted by atomic mass is 9.86. The largest absolute Gasteiger partial charge is 0.456 e. The van der Waals surface area contributed by atoms with Crippen molar-refractivity contribution in [2.24, 2.45) is 11.8 Å². The third-order valence-corrected chi connectivity index (χ3v) is 3.97. The Kier molecular flexibility index (Phi) is 7.91. The Labute approximate surface area is 132 Å². The number of hydrogen-bond acceptors (Lipinski definition) is 4. The van der Waals surface area contributed by atoms with Crippen LogP contribution in [0.3, 0.4) is 0 Å². The van der Waals surface area contributed by atoms with Crippen LogP contribution in [0.1, 0.15) is 59.3 Å². The van der Waals surface area contributed by atoms with Crippen molar-refractivity contribution in [2.75, 3.05) is 6.61 Å². The number of hydrogen-bond donors (Lipinski definition) is 2. The van der Waals surface area contributed by atoms with Gasteiger partial charge >= 0.3 is 12.0 Å². The molecule has 2 atom stereocenters. The molecular weight excluding hydrogens is 284 g/mol. The summed E-state index contributed by atoms with van der Waals surface area (Å²) in [6.07, 6.45) is 5.32. The van der Waals surface area contributed by atoms with Gasteiger partial charge in [-0.3, -0.25) is 14.9 Å². The van der Waals surface area contributed by atoms with Crippen molar-refractivity contribution >= 4 is 17.9 Å². The SMILES string of the molecule is CC(C)CCC(=O)OCC(=O)NC(=O)NC1CCCCC1C. The molecular formula is C16H28N2O4. The van der Waals surface area contributed by atoms with Gasteiger partial charge in [0.25, 0.3) is 5.91 Å². The van der Waals surface area contributed by atoms with Gasteiger partial charge in [-0.1, -0.05) is 33.6 Å². The van der Waals surface area contributed by atoms with Gasteiger partial charge in [-0.15, -0.1) is 0 Å². The summed E-state index contributed by atoms with van der Waals surface area (Å²) in [6, 6.07) is -0.405. The van der Waals surface area contributed by atoms with E-state index in [0.717, 1.165) is 25.7 Å². The maximum absolute atomic E-state index is 11.7. The van der Waals surface area contributed by atoms with Crippen LogP contribution in [-0.2, 0) is 14.3 Å². The molecule has 2 unspecified atom stereocenters. The second kappa shape index (κ2) is 9.43. The number of rotatable bonds is 6. The quantitative estimate of drug-likeness (QED) is 0.737. The molecule has 0 spiro atoms. The highest BCUT2D eigenvalue weighted by Gasteiger charge is 2.23. The predicted octanol–water partition coefficient (Wildman–Crippen LogP) is 2.37. The highest BCUT2D eigenvalue weighted by atomic mass is 16.5. The van der Waals surface area contributed by atoms with Gasteiger partial charge in [-0.25, -0.2) is 4.79 Å². The molecule has 0 heterocycles. The molecule has 0 aliphatic heterocycles. The Bertz CT molecular complexity index is 396. The van der Waals surface area contributed by atoms with Crippen LogP contribution in [0.4, 0.5) is 4.79 Å². The molecule has 3 amide bonds. The van der Waals surface area contributed by atoms with Crippen molar-refractivity contribution in [2.45, 2.75) is 65.3 Å². The predicted molar refractivity (Wildman–Crippen MR) is 83.1 cm³/mol. The van der Waals surface area contributed by atoms with Crippen LogP contribution >= 0.6 is 0 Å². The van der Waals surface area contributed by atoms with Gasteiger partial charge in [0.15, 0.2) is 6.61 Å². The maximum atomic E-state index is 11.7. The van der Waals surface area contributed by atoms with E-state index in [1.54, 1.807) is 0 Å². The van der Waals surface area contributed by atoms with Crippen molar-refractivity contribution in [3.8, 4) is 0 Å². The molecule has 6 nitrogen and oxygen atoms in total. The van der Waals surface area contributed by atoms with Crippen LogP contribution in [0.2, 0.25) is 0 Å². The number of esters is 1. The zero-order chi connectivity index (χ0) is 16.5. The van der Waals surface area contributed by atoms with Crippen molar-refractivity contribution in [1.82, 2.24) is 10.6 Å². The second-order valence-electron chi connectivity index (χ2n) is 6.48. The number of nitrogens with one attached hydrogen (secondary N) is 2. The summed E-state index contributed by atoms with van der Waals surface area (Å²) in [4.78, 5) is 34.7. The minimum Gasteiger partial charge on any atom is -0.456 e.